The molecule has 0 spiro atoms. The zero-order chi connectivity index (χ0) is 27.5. The maximum atomic E-state index is 4.69. The van der Waals surface area contributed by atoms with Gasteiger partial charge in [0.2, 0.25) is 0 Å². The topological polar surface area (TPSA) is 360 Å². The molecule has 46 heavy (non-hydrogen) atoms. The van der Waals surface area contributed by atoms with E-state index in [2.05, 4.69) is 174 Å². The fourth-order valence-corrected chi connectivity index (χ4v) is 6.22. The molecule has 0 aromatic heterocycles. The van der Waals surface area contributed by atoms with Gasteiger partial charge < -0.3 is 65.7 Å². The molecule has 28 heteroatoms. The molecule has 3 rings (SSSR count). The first-order chi connectivity index (χ1) is 16.6. The van der Waals surface area contributed by atoms with Crippen molar-refractivity contribution in [3.63, 3.8) is 0 Å². The molecule has 276 valence electrons. The van der Waals surface area contributed by atoms with Crippen LogP contribution in [0, 0.1) is 0 Å². The van der Waals surface area contributed by atoms with Gasteiger partial charge in [-0.05, 0) is 36.4 Å². The van der Waals surface area contributed by atoms with Crippen LogP contribution in [0.15, 0.2) is 86.2 Å². The summed E-state index contributed by atoms with van der Waals surface area (Å²) in [4.78, 5) is 0. The van der Waals surface area contributed by atoms with Gasteiger partial charge in [0.15, 0.2) is 0 Å². The summed E-state index contributed by atoms with van der Waals surface area (Å²) in [6, 6.07) is 26.2. The average Bonchev–Trinajstić information content (AvgIpc) is 2.94. The van der Waals surface area contributed by atoms with Crippen molar-refractivity contribution in [2.45, 2.75) is 0 Å². The Labute approximate surface area is 403 Å². The molecule has 12 radical (unpaired) electrons. The molecule has 0 aliphatic rings. The molecule has 0 saturated carbocycles. The molecule has 0 bridgehead atoms. The van der Waals surface area contributed by atoms with E-state index in [1.54, 1.807) is 0 Å². The SMILES string of the molecule is Brc1cc[c]([Al]([c]2ccc(Br)cc2)[c]2ccc(Br)cc2)cc1.[Cl][Sb].[Cl][Sb].[Cl][Sb].[Cl][Sb].[Cl][Sb].[Cl][Sb].[OH-].[OH-].[OH-].[OH-].[OH-].[OH-].[OH-].[OH-].[OH-].[OH-].[OH-].[OH-]. The maximum Gasteiger partial charge on any atom is -0.870 e. The number of halogens is 9. The van der Waals surface area contributed by atoms with Gasteiger partial charge in [-0.25, -0.2) is 0 Å². The smallest absolute Gasteiger partial charge is 0.870 e. The van der Waals surface area contributed by atoms with Crippen molar-refractivity contribution in [3.05, 3.63) is 86.2 Å². The van der Waals surface area contributed by atoms with Crippen LogP contribution >= 0.6 is 101 Å². The van der Waals surface area contributed by atoms with Gasteiger partial charge in [0.05, 0.1) is 0 Å². The van der Waals surface area contributed by atoms with Crippen LogP contribution in [0.3, 0.4) is 0 Å². The Balaban J connectivity index is -0.0000000244. The fourth-order valence-electron chi connectivity index (χ4n) is 2.54. The van der Waals surface area contributed by atoms with E-state index in [4.69, 9.17) is 0 Å². The third-order valence-electron chi connectivity index (χ3n) is 3.61. The van der Waals surface area contributed by atoms with E-state index in [1.807, 2.05) is 0 Å². The van der Waals surface area contributed by atoms with Gasteiger partial charge in [-0.3, -0.25) is 0 Å². The Hall–Kier alpha value is 5.80. The third kappa shape index (κ3) is 51.9. The number of rotatable bonds is 3. The number of benzene rings is 3. The van der Waals surface area contributed by atoms with E-state index in [0.717, 1.165) is 13.4 Å². The molecule has 0 unspecified atom stereocenters. The van der Waals surface area contributed by atoms with Gasteiger partial charge in [-0.2, -0.15) is 0 Å². The van der Waals surface area contributed by atoms with Crippen LogP contribution in [-0.4, -0.2) is 211 Å². The van der Waals surface area contributed by atoms with Crippen molar-refractivity contribution in [3.8, 4) is 0 Å². The third-order valence-corrected chi connectivity index (χ3v) is 8.35. The van der Waals surface area contributed by atoms with Gasteiger partial charge in [-0.15, -0.1) is 0 Å². The van der Waals surface area contributed by atoms with Crippen molar-refractivity contribution in [1.82, 2.24) is 0 Å². The zero-order valence-electron chi connectivity index (χ0n) is 22.0. The Bertz CT molecular complexity index is 724. The quantitative estimate of drug-likeness (QED) is 0.333. The Kier molecular flexibility index (Phi) is 190. The normalized spacial score (nSPS) is 5.80. The summed E-state index contributed by atoms with van der Waals surface area (Å²) >= 11 is 16.5. The van der Waals surface area contributed by atoms with E-state index in [1.165, 1.54) is 145 Å². The molecule has 0 aliphatic carbocycles. The molecule has 0 aliphatic heterocycles. The molecular formula is C18H24AlBr3Cl6O12Sb6-12. The van der Waals surface area contributed by atoms with Gasteiger partial charge >= 0.3 is 198 Å². The molecule has 0 atom stereocenters. The number of hydrogen-bond donors (Lipinski definition) is 0. The average molecular weight is 1640 g/mol. The molecule has 0 heterocycles. The standard InChI is InChI=1S/3C6H4Br.Al.6ClH.12H2O.6Sb/c3*7-6-4-2-1-3-5-6;;;;;;;;;;;;;;;;;;;;;;;;;/h3*2-5H;;6*1H;12*1H2;;;;;;/q;;;;;;;;;;;;;;;;;;;;;;6*+1/p-18. The van der Waals surface area contributed by atoms with Crippen LogP contribution in [-0.2, 0) is 0 Å². The van der Waals surface area contributed by atoms with Crippen LogP contribution in [0.5, 0.6) is 0 Å². The van der Waals surface area contributed by atoms with Crippen molar-refractivity contribution in [2.75, 3.05) is 0 Å². The summed E-state index contributed by atoms with van der Waals surface area (Å²) in [5.74, 6) is 0. The van der Waals surface area contributed by atoms with Crippen molar-refractivity contribution in [1.29, 1.82) is 0 Å². The second-order valence-electron chi connectivity index (χ2n) is 5.09. The van der Waals surface area contributed by atoms with E-state index in [9.17, 15) is 0 Å². The van der Waals surface area contributed by atoms with E-state index in [0.29, 0.717) is 0 Å². The summed E-state index contributed by atoms with van der Waals surface area (Å²) in [5, 5.41) is 0. The predicted octanol–water partition coefficient (Wildman–Crippen LogP) is 4.22. The number of hydrogen-bond acceptors (Lipinski definition) is 12. The van der Waals surface area contributed by atoms with Crippen LogP contribution in [0.25, 0.3) is 0 Å². The molecule has 3 aromatic carbocycles. The molecular weight excluding hydrogens is 1620 g/mol. The van der Waals surface area contributed by atoms with E-state index < -0.39 is 14.1 Å². The molecule has 0 fully saturated rings. The van der Waals surface area contributed by atoms with Crippen LogP contribution in [0.1, 0.15) is 0 Å². The van der Waals surface area contributed by atoms with Crippen LogP contribution in [0.2, 0.25) is 0 Å². The van der Waals surface area contributed by atoms with Gasteiger partial charge in [0, 0.05) is 13.4 Å². The van der Waals surface area contributed by atoms with Gasteiger partial charge in [0.25, 0.3) is 0 Å². The summed E-state index contributed by atoms with van der Waals surface area (Å²) < 4.78 is 7.63. The van der Waals surface area contributed by atoms with Crippen molar-refractivity contribution in [2.24, 2.45) is 0 Å². The van der Waals surface area contributed by atoms with Crippen molar-refractivity contribution < 1.29 is 65.7 Å². The fraction of sp³-hybridized carbons (Fsp3) is 0. The molecule has 12 N–H and O–H groups in total. The van der Waals surface area contributed by atoms with Crippen LogP contribution < -0.4 is 13.3 Å². The van der Waals surface area contributed by atoms with E-state index >= 15 is 0 Å². The Morgan fingerprint density at radius 1 is 0.283 bits per heavy atom. The zero-order valence-corrected chi connectivity index (χ0v) is 47.7. The predicted molar refractivity (Wildman–Crippen MR) is 200 cm³/mol. The summed E-state index contributed by atoms with van der Waals surface area (Å²) in [7, 11) is 28.1. The van der Waals surface area contributed by atoms with Crippen LogP contribution in [0.4, 0.5) is 0 Å². The molecule has 0 amide bonds. The minimum atomic E-state index is -1.43. The van der Waals surface area contributed by atoms with Gasteiger partial charge in [-0.1, -0.05) is 97.5 Å². The minimum absolute atomic E-state index is 0. The summed E-state index contributed by atoms with van der Waals surface area (Å²) in [6.45, 7) is 0. The molecule has 3 aromatic rings. The first-order valence-electron chi connectivity index (χ1n) is 7.91. The van der Waals surface area contributed by atoms with Crippen molar-refractivity contribution >= 4 is 259 Å². The first kappa shape index (κ1) is 104. The molecule has 0 saturated heterocycles. The first-order valence-corrected chi connectivity index (χ1v) is 31.4. The van der Waals surface area contributed by atoms with Gasteiger partial charge in [0.1, 0.15) is 0 Å². The minimum Gasteiger partial charge on any atom is -0.870 e. The maximum absolute atomic E-state index is 4.69. The summed E-state index contributed by atoms with van der Waals surface area (Å²) in [5.41, 5.74) is 0. The summed E-state index contributed by atoms with van der Waals surface area (Å²) in [6.07, 6.45) is 0. The monoisotopic (exact) mass is 1630 g/mol. The van der Waals surface area contributed by atoms with E-state index in [-0.39, 0.29) is 65.7 Å². The molecule has 12 nitrogen and oxygen atoms in total. The second kappa shape index (κ2) is 83.7. The largest absolute Gasteiger partial charge is 0.870 e. The second-order valence-corrected chi connectivity index (χ2v) is 10.7. The Morgan fingerprint density at radius 2 is 0.391 bits per heavy atom. The Morgan fingerprint density at radius 3 is 0.500 bits per heavy atom.